The molecule has 1 saturated heterocycles. The van der Waals surface area contributed by atoms with Gasteiger partial charge < -0.3 is 10.2 Å². The fourth-order valence-electron chi connectivity index (χ4n) is 4.03. The number of aromatic amines is 1. The van der Waals surface area contributed by atoms with Gasteiger partial charge in [0.1, 0.15) is 5.82 Å². The van der Waals surface area contributed by atoms with Crippen LogP contribution in [0.1, 0.15) is 11.3 Å². The highest BCUT2D eigenvalue weighted by atomic mass is 32.2. The summed E-state index contributed by atoms with van der Waals surface area (Å²) in [6.07, 6.45) is 1.69. The number of benzene rings is 1. The maximum absolute atomic E-state index is 12.7. The standard InChI is InChI=1S/C20H20N8O2S/c1-12-7-18(26-25-12)23-17-5-6-22-20(24-17)28-10-15-16(11-28)19(15)27-31(29,30)14-4-2-3-13(8-14)9-21/h2-8,15-16,19,27H,10-11H2,1H3,(H2,22,23,24,25,26). The van der Waals surface area contributed by atoms with Crippen molar-refractivity contribution < 1.29 is 8.42 Å². The van der Waals surface area contributed by atoms with E-state index in [1.54, 1.807) is 24.4 Å². The van der Waals surface area contributed by atoms with Crippen molar-refractivity contribution in [3.8, 4) is 6.07 Å². The first-order valence-electron chi connectivity index (χ1n) is 9.82. The van der Waals surface area contributed by atoms with Crippen LogP contribution in [0, 0.1) is 30.1 Å². The van der Waals surface area contributed by atoms with Crippen LogP contribution in [0.15, 0.2) is 47.5 Å². The van der Waals surface area contributed by atoms with Gasteiger partial charge in [-0.15, -0.1) is 0 Å². The van der Waals surface area contributed by atoms with Crippen LogP contribution in [-0.4, -0.2) is 47.7 Å². The van der Waals surface area contributed by atoms with E-state index in [1.807, 2.05) is 19.1 Å². The lowest BCUT2D eigenvalue weighted by atomic mass is 10.2. The van der Waals surface area contributed by atoms with Gasteiger partial charge >= 0.3 is 0 Å². The van der Waals surface area contributed by atoms with E-state index in [0.717, 1.165) is 5.69 Å². The molecular weight excluding hydrogens is 416 g/mol. The van der Waals surface area contributed by atoms with Gasteiger partial charge in [-0.05, 0) is 43.0 Å². The normalized spacial score (nSPS) is 22.1. The summed E-state index contributed by atoms with van der Waals surface area (Å²) in [4.78, 5) is 11.1. The molecule has 1 aliphatic carbocycles. The maximum atomic E-state index is 12.7. The molecule has 11 heteroatoms. The minimum atomic E-state index is -3.66. The zero-order valence-electron chi connectivity index (χ0n) is 16.6. The van der Waals surface area contributed by atoms with Crippen LogP contribution in [0.5, 0.6) is 0 Å². The Kier molecular flexibility index (Phi) is 4.60. The van der Waals surface area contributed by atoms with Crippen LogP contribution in [0.4, 0.5) is 17.6 Å². The van der Waals surface area contributed by atoms with Crippen molar-refractivity contribution in [2.45, 2.75) is 17.9 Å². The molecule has 2 aromatic heterocycles. The van der Waals surface area contributed by atoms with E-state index in [4.69, 9.17) is 5.26 Å². The van der Waals surface area contributed by atoms with Gasteiger partial charge in [0.15, 0.2) is 5.82 Å². The molecule has 31 heavy (non-hydrogen) atoms. The molecule has 0 spiro atoms. The molecule has 1 saturated carbocycles. The quantitative estimate of drug-likeness (QED) is 0.529. The molecule has 2 unspecified atom stereocenters. The van der Waals surface area contributed by atoms with Crippen LogP contribution in [0.3, 0.4) is 0 Å². The minimum absolute atomic E-state index is 0.111. The first kappa shape index (κ1) is 19.5. The molecule has 2 fully saturated rings. The zero-order valence-corrected chi connectivity index (χ0v) is 17.5. The van der Waals surface area contributed by atoms with Crippen molar-refractivity contribution in [2.24, 2.45) is 11.8 Å². The van der Waals surface area contributed by atoms with Crippen LogP contribution in [-0.2, 0) is 10.0 Å². The number of aryl methyl sites for hydroxylation is 1. The summed E-state index contributed by atoms with van der Waals surface area (Å²) < 4.78 is 28.1. The number of piperidine rings is 1. The SMILES string of the molecule is Cc1cc(Nc2ccnc(N3CC4C(C3)C4NS(=O)(=O)c3cccc(C#N)c3)n2)n[nH]1. The first-order chi connectivity index (χ1) is 14.9. The van der Waals surface area contributed by atoms with Gasteiger partial charge in [0.2, 0.25) is 16.0 Å². The molecule has 1 aromatic carbocycles. The van der Waals surface area contributed by atoms with Gasteiger partial charge in [-0.2, -0.15) is 15.3 Å². The second kappa shape index (κ2) is 7.33. The van der Waals surface area contributed by atoms with E-state index >= 15 is 0 Å². The third kappa shape index (κ3) is 3.83. The molecule has 0 amide bonds. The predicted molar refractivity (Wildman–Crippen MR) is 113 cm³/mol. The number of anilines is 3. The highest BCUT2D eigenvalue weighted by Gasteiger charge is 2.57. The van der Waals surface area contributed by atoms with Gasteiger partial charge in [0, 0.05) is 37.1 Å². The van der Waals surface area contributed by atoms with Crippen LogP contribution in [0.2, 0.25) is 0 Å². The Bertz CT molecular complexity index is 1270. The predicted octanol–water partition coefficient (Wildman–Crippen LogP) is 1.54. The monoisotopic (exact) mass is 436 g/mol. The number of hydrogen-bond acceptors (Lipinski definition) is 8. The Morgan fingerprint density at radius 1 is 1.19 bits per heavy atom. The lowest BCUT2D eigenvalue weighted by Gasteiger charge is -2.20. The van der Waals surface area contributed by atoms with Gasteiger partial charge in [-0.25, -0.2) is 18.1 Å². The molecule has 158 valence electrons. The minimum Gasteiger partial charge on any atom is -0.340 e. The van der Waals surface area contributed by atoms with Gasteiger partial charge in [0.05, 0.1) is 16.5 Å². The Hall–Kier alpha value is -3.49. The van der Waals surface area contributed by atoms with Crippen LogP contribution >= 0.6 is 0 Å². The van der Waals surface area contributed by atoms with Crippen LogP contribution in [0.25, 0.3) is 0 Å². The highest BCUT2D eigenvalue weighted by molar-refractivity contribution is 7.89. The van der Waals surface area contributed by atoms with Crippen molar-refractivity contribution in [2.75, 3.05) is 23.3 Å². The molecule has 3 N–H and O–H groups in total. The number of nitrogens with zero attached hydrogens (tertiary/aromatic N) is 5. The molecule has 5 rings (SSSR count). The van der Waals surface area contributed by atoms with Crippen molar-refractivity contribution in [1.29, 1.82) is 5.26 Å². The number of hydrogen-bond donors (Lipinski definition) is 3. The summed E-state index contributed by atoms with van der Waals surface area (Å²) in [7, 11) is -3.66. The molecule has 1 aliphatic heterocycles. The molecule has 0 bridgehead atoms. The number of aromatic nitrogens is 4. The van der Waals surface area contributed by atoms with Gasteiger partial charge in [-0.1, -0.05) is 6.07 Å². The Morgan fingerprint density at radius 2 is 2.00 bits per heavy atom. The Labute approximate surface area is 179 Å². The third-order valence-electron chi connectivity index (χ3n) is 5.65. The summed E-state index contributed by atoms with van der Waals surface area (Å²) in [6.45, 7) is 3.28. The van der Waals surface area contributed by atoms with E-state index in [-0.39, 0.29) is 22.8 Å². The average molecular weight is 437 g/mol. The largest absolute Gasteiger partial charge is 0.340 e. The number of nitriles is 1. The topological polar surface area (TPSA) is 140 Å². The molecule has 0 radical (unpaired) electrons. The van der Waals surface area contributed by atoms with E-state index < -0.39 is 10.0 Å². The number of fused-ring (bicyclic) bond motifs is 1. The van der Waals surface area contributed by atoms with E-state index in [0.29, 0.717) is 36.2 Å². The lowest BCUT2D eigenvalue weighted by molar-refractivity contribution is 0.570. The number of sulfonamides is 1. The van der Waals surface area contributed by atoms with Crippen molar-refractivity contribution in [3.05, 3.63) is 53.9 Å². The molecule has 3 aromatic rings. The lowest BCUT2D eigenvalue weighted by Crippen LogP contribution is -2.35. The first-order valence-corrected chi connectivity index (χ1v) is 11.3. The van der Waals surface area contributed by atoms with E-state index in [2.05, 4.69) is 35.1 Å². The zero-order chi connectivity index (χ0) is 21.6. The summed E-state index contributed by atoms with van der Waals surface area (Å²) >= 11 is 0. The molecule has 3 heterocycles. The molecule has 2 aliphatic rings. The van der Waals surface area contributed by atoms with Crippen molar-refractivity contribution in [1.82, 2.24) is 24.9 Å². The number of nitrogens with one attached hydrogen (secondary N) is 3. The Balaban J connectivity index is 1.22. The van der Waals surface area contributed by atoms with Crippen LogP contribution < -0.4 is 14.9 Å². The molecule has 10 nitrogen and oxygen atoms in total. The molecular formula is C20H20N8O2S. The summed E-state index contributed by atoms with van der Waals surface area (Å²) in [6, 6.07) is 11.6. The fourth-order valence-corrected chi connectivity index (χ4v) is 5.41. The average Bonchev–Trinajstić information content (AvgIpc) is 3.11. The maximum Gasteiger partial charge on any atom is 0.240 e. The van der Waals surface area contributed by atoms with Crippen molar-refractivity contribution >= 4 is 27.6 Å². The Morgan fingerprint density at radius 3 is 2.71 bits per heavy atom. The van der Waals surface area contributed by atoms with Crippen molar-refractivity contribution in [3.63, 3.8) is 0 Å². The summed E-state index contributed by atoms with van der Waals surface area (Å²) in [5, 5.41) is 19.2. The smallest absolute Gasteiger partial charge is 0.240 e. The second-order valence-electron chi connectivity index (χ2n) is 7.82. The summed E-state index contributed by atoms with van der Waals surface area (Å²) in [5.41, 5.74) is 1.27. The fraction of sp³-hybridized carbons (Fsp3) is 0.300. The third-order valence-corrected chi connectivity index (χ3v) is 7.10. The number of rotatable bonds is 6. The van der Waals surface area contributed by atoms with Gasteiger partial charge in [0.25, 0.3) is 0 Å². The number of H-pyrrole nitrogens is 1. The second-order valence-corrected chi connectivity index (χ2v) is 9.54. The van der Waals surface area contributed by atoms with E-state index in [9.17, 15) is 8.42 Å². The highest BCUT2D eigenvalue weighted by Crippen LogP contribution is 2.47. The van der Waals surface area contributed by atoms with Gasteiger partial charge in [-0.3, -0.25) is 5.10 Å². The summed E-state index contributed by atoms with van der Waals surface area (Å²) in [5.74, 6) is 2.35. The van der Waals surface area contributed by atoms with E-state index in [1.165, 1.54) is 12.1 Å². The molecule has 2 atom stereocenters.